The van der Waals surface area contributed by atoms with Crippen LogP contribution in [-0.2, 0) is 0 Å². The van der Waals surface area contributed by atoms with Crippen LogP contribution in [0, 0.1) is 11.2 Å². The summed E-state index contributed by atoms with van der Waals surface area (Å²) in [6.45, 7) is 5.86. The van der Waals surface area contributed by atoms with E-state index in [1.54, 1.807) is 6.07 Å². The van der Waals surface area contributed by atoms with Crippen molar-refractivity contribution in [3.63, 3.8) is 0 Å². The van der Waals surface area contributed by atoms with Crippen molar-refractivity contribution in [1.29, 1.82) is 0 Å². The van der Waals surface area contributed by atoms with Crippen LogP contribution in [0.4, 0.5) is 4.39 Å². The van der Waals surface area contributed by atoms with Gasteiger partial charge in [-0.2, -0.15) is 0 Å². The topological polar surface area (TPSA) is 49.3 Å². The van der Waals surface area contributed by atoms with Gasteiger partial charge in [-0.1, -0.05) is 26.8 Å². The zero-order valence-electron chi connectivity index (χ0n) is 11.3. The molecule has 3 nitrogen and oxygen atoms in total. The van der Waals surface area contributed by atoms with E-state index in [-0.39, 0.29) is 23.6 Å². The van der Waals surface area contributed by atoms with E-state index >= 15 is 0 Å². The van der Waals surface area contributed by atoms with E-state index in [1.165, 1.54) is 12.1 Å². The molecule has 0 aliphatic heterocycles. The number of carbonyl (C=O) groups excluding carboxylic acids is 1. The van der Waals surface area contributed by atoms with Crippen molar-refractivity contribution in [3.8, 4) is 0 Å². The maximum atomic E-state index is 13.7. The molecule has 1 aromatic carbocycles. The van der Waals surface area contributed by atoms with Gasteiger partial charge in [-0.15, -0.1) is 0 Å². The van der Waals surface area contributed by atoms with Crippen LogP contribution in [0.25, 0.3) is 0 Å². The second kappa shape index (κ2) is 6.48. The summed E-state index contributed by atoms with van der Waals surface area (Å²) >= 11 is 3.18. The third kappa shape index (κ3) is 4.28. The summed E-state index contributed by atoms with van der Waals surface area (Å²) in [6, 6.07) is 4.18. The van der Waals surface area contributed by atoms with Gasteiger partial charge >= 0.3 is 0 Å². The minimum atomic E-state index is -0.566. The van der Waals surface area contributed by atoms with Crippen molar-refractivity contribution in [1.82, 2.24) is 5.32 Å². The Morgan fingerprint density at radius 1 is 1.47 bits per heavy atom. The Labute approximate surface area is 121 Å². The first-order valence-corrected chi connectivity index (χ1v) is 6.92. The number of carbonyl (C=O) groups is 1. The highest BCUT2D eigenvalue weighted by molar-refractivity contribution is 9.10. The third-order valence-electron chi connectivity index (χ3n) is 2.96. The Hall–Kier alpha value is -0.940. The van der Waals surface area contributed by atoms with Gasteiger partial charge in [-0.25, -0.2) is 4.39 Å². The highest BCUT2D eigenvalue weighted by Crippen LogP contribution is 2.24. The van der Waals surface area contributed by atoms with Gasteiger partial charge in [0.2, 0.25) is 0 Å². The molecule has 0 saturated carbocycles. The molecule has 19 heavy (non-hydrogen) atoms. The quantitative estimate of drug-likeness (QED) is 0.890. The molecular formula is C14H19BrFNO2. The van der Waals surface area contributed by atoms with Gasteiger partial charge in [0.25, 0.3) is 5.91 Å². The van der Waals surface area contributed by atoms with Crippen LogP contribution < -0.4 is 5.32 Å². The van der Waals surface area contributed by atoms with Gasteiger partial charge < -0.3 is 10.4 Å². The van der Waals surface area contributed by atoms with Crippen LogP contribution in [0.15, 0.2) is 22.7 Å². The van der Waals surface area contributed by atoms with Crippen LogP contribution >= 0.6 is 15.9 Å². The van der Waals surface area contributed by atoms with Crippen LogP contribution in [0.1, 0.15) is 37.6 Å². The van der Waals surface area contributed by atoms with Gasteiger partial charge in [-0.05, 0) is 39.9 Å². The Balaban J connectivity index is 2.95. The average molecular weight is 332 g/mol. The highest BCUT2D eigenvalue weighted by atomic mass is 79.9. The number of aliphatic hydroxyl groups excluding tert-OH is 1. The fraction of sp³-hybridized carbons (Fsp3) is 0.500. The first kappa shape index (κ1) is 16.1. The summed E-state index contributed by atoms with van der Waals surface area (Å²) in [6.07, 6.45) is 0.432. The van der Waals surface area contributed by atoms with Crippen molar-refractivity contribution in [2.24, 2.45) is 5.41 Å². The summed E-state index contributed by atoms with van der Waals surface area (Å²) in [5.74, 6) is -1.04. The molecule has 1 unspecified atom stereocenters. The Morgan fingerprint density at radius 3 is 2.58 bits per heavy atom. The number of aliphatic hydroxyl groups is 1. The number of hydrogen-bond donors (Lipinski definition) is 2. The van der Waals surface area contributed by atoms with Gasteiger partial charge in [0, 0.05) is 17.1 Å². The molecule has 1 aromatic rings. The average Bonchev–Trinajstić information content (AvgIpc) is 2.27. The minimum absolute atomic E-state index is 0.00492. The standard InChI is InChI=1S/C14H19BrFNO2/c1-14(2,3)11(7-8-18)17-13(19)12-9(15)5-4-6-10(12)16/h4-6,11,18H,7-8H2,1-3H3,(H,17,19). The number of nitrogens with one attached hydrogen (secondary N) is 1. The van der Waals surface area contributed by atoms with Crippen LogP contribution in [0.5, 0.6) is 0 Å². The zero-order valence-corrected chi connectivity index (χ0v) is 12.9. The molecule has 0 aromatic heterocycles. The molecule has 5 heteroatoms. The maximum absolute atomic E-state index is 13.7. The monoisotopic (exact) mass is 331 g/mol. The first-order valence-electron chi connectivity index (χ1n) is 6.13. The SMILES string of the molecule is CC(C)(C)C(CCO)NC(=O)c1c(F)cccc1Br. The molecule has 1 rings (SSSR count). The lowest BCUT2D eigenvalue weighted by atomic mass is 9.84. The molecule has 0 saturated heterocycles. The molecule has 0 fully saturated rings. The summed E-state index contributed by atoms with van der Waals surface area (Å²) in [4.78, 5) is 12.2. The summed E-state index contributed by atoms with van der Waals surface area (Å²) in [7, 11) is 0. The predicted octanol–water partition coefficient (Wildman–Crippen LogP) is 3.12. The van der Waals surface area contributed by atoms with Gasteiger partial charge in [0.05, 0.1) is 5.56 Å². The lowest BCUT2D eigenvalue weighted by Crippen LogP contribution is -2.44. The molecular weight excluding hydrogens is 313 g/mol. The van der Waals surface area contributed by atoms with E-state index < -0.39 is 11.7 Å². The zero-order chi connectivity index (χ0) is 14.6. The Kier molecular flexibility index (Phi) is 5.50. The largest absolute Gasteiger partial charge is 0.396 e. The second-order valence-corrected chi connectivity index (χ2v) is 6.36. The molecule has 0 spiro atoms. The molecule has 0 aliphatic carbocycles. The lowest BCUT2D eigenvalue weighted by molar-refractivity contribution is 0.0880. The van der Waals surface area contributed by atoms with Gasteiger partial charge in [0.1, 0.15) is 5.82 Å². The van der Waals surface area contributed by atoms with Crippen molar-refractivity contribution >= 4 is 21.8 Å². The number of rotatable bonds is 4. The molecule has 2 N–H and O–H groups in total. The van der Waals surface area contributed by atoms with Crippen molar-refractivity contribution in [3.05, 3.63) is 34.1 Å². The number of halogens is 2. The van der Waals surface area contributed by atoms with Gasteiger partial charge in [-0.3, -0.25) is 4.79 Å². The van der Waals surface area contributed by atoms with Crippen LogP contribution in [0.3, 0.4) is 0 Å². The predicted molar refractivity (Wildman–Crippen MR) is 76.5 cm³/mol. The smallest absolute Gasteiger partial charge is 0.255 e. The first-order chi connectivity index (χ1) is 8.77. The maximum Gasteiger partial charge on any atom is 0.255 e. The van der Waals surface area contributed by atoms with E-state index in [0.717, 1.165) is 0 Å². The molecule has 1 amide bonds. The van der Waals surface area contributed by atoms with Gasteiger partial charge in [0.15, 0.2) is 0 Å². The molecule has 1 atom stereocenters. The van der Waals surface area contributed by atoms with Crippen molar-refractivity contribution < 1.29 is 14.3 Å². The van der Waals surface area contributed by atoms with Crippen LogP contribution in [-0.4, -0.2) is 23.7 Å². The summed E-state index contributed by atoms with van der Waals surface area (Å²) in [5, 5.41) is 11.8. The van der Waals surface area contributed by atoms with Crippen molar-refractivity contribution in [2.75, 3.05) is 6.61 Å². The summed E-state index contributed by atoms with van der Waals surface area (Å²) in [5.41, 5.74) is -0.217. The Morgan fingerprint density at radius 2 is 2.11 bits per heavy atom. The van der Waals surface area contributed by atoms with E-state index in [1.807, 2.05) is 20.8 Å². The number of amides is 1. The van der Waals surface area contributed by atoms with Crippen LogP contribution in [0.2, 0.25) is 0 Å². The Bertz CT molecular complexity index is 437. The van der Waals surface area contributed by atoms with E-state index in [9.17, 15) is 9.18 Å². The molecule has 0 radical (unpaired) electrons. The molecule has 0 aliphatic rings. The van der Waals surface area contributed by atoms with E-state index in [0.29, 0.717) is 10.9 Å². The minimum Gasteiger partial charge on any atom is -0.396 e. The number of benzene rings is 1. The number of hydrogen-bond acceptors (Lipinski definition) is 2. The highest BCUT2D eigenvalue weighted by Gasteiger charge is 2.27. The fourth-order valence-electron chi connectivity index (χ4n) is 1.80. The van der Waals surface area contributed by atoms with E-state index in [4.69, 9.17) is 5.11 Å². The lowest BCUT2D eigenvalue weighted by Gasteiger charge is -2.31. The molecule has 106 valence electrons. The summed E-state index contributed by atoms with van der Waals surface area (Å²) < 4.78 is 14.1. The van der Waals surface area contributed by atoms with Crippen molar-refractivity contribution in [2.45, 2.75) is 33.2 Å². The molecule has 0 heterocycles. The molecule has 0 bridgehead atoms. The normalized spacial score (nSPS) is 13.2. The van der Waals surface area contributed by atoms with E-state index in [2.05, 4.69) is 21.2 Å². The fourth-order valence-corrected chi connectivity index (χ4v) is 2.32. The second-order valence-electron chi connectivity index (χ2n) is 5.50. The third-order valence-corrected chi connectivity index (χ3v) is 3.62.